The zero-order valence-electron chi connectivity index (χ0n) is 26.9. The van der Waals surface area contributed by atoms with Crippen LogP contribution >= 0.6 is 0 Å². The van der Waals surface area contributed by atoms with Crippen LogP contribution in [0.15, 0.2) is 65.1 Å². The number of hydrogen-bond donors (Lipinski definition) is 1. The second kappa shape index (κ2) is 15.5. The van der Waals surface area contributed by atoms with Crippen molar-refractivity contribution in [3.05, 3.63) is 83.3 Å². The number of aliphatic hydroxyl groups excluding tert-OH is 1. The summed E-state index contributed by atoms with van der Waals surface area (Å²) in [6.07, 6.45) is 0.511. The number of benzene rings is 2. The molecule has 0 spiro atoms. The maximum absolute atomic E-state index is 14.3. The molecule has 3 aromatic rings. The minimum atomic E-state index is -1.19. The molecule has 0 saturated carbocycles. The van der Waals surface area contributed by atoms with Gasteiger partial charge in [-0.05, 0) is 56.7 Å². The molecular weight excluding hydrogens is 574 g/mol. The topological polar surface area (TPSA) is 116 Å². The average molecular weight is 620 g/mol. The Labute approximate surface area is 265 Å². The van der Waals surface area contributed by atoms with E-state index >= 15 is 0 Å². The van der Waals surface area contributed by atoms with Crippen LogP contribution in [0.3, 0.4) is 0 Å². The summed E-state index contributed by atoms with van der Waals surface area (Å²) >= 11 is 0. The molecule has 1 aromatic heterocycles. The highest BCUT2D eigenvalue weighted by Gasteiger charge is 2.54. The molecule has 1 fully saturated rings. The lowest BCUT2D eigenvalue weighted by Crippen LogP contribution is -2.51. The van der Waals surface area contributed by atoms with Crippen LogP contribution in [0, 0.1) is 18.8 Å². The fourth-order valence-electron chi connectivity index (χ4n) is 6.08. The average Bonchev–Trinajstić information content (AvgIpc) is 3.54. The van der Waals surface area contributed by atoms with Crippen molar-refractivity contribution in [3.63, 3.8) is 0 Å². The third-order valence-corrected chi connectivity index (χ3v) is 7.98. The molecule has 0 unspecified atom stereocenters. The fourth-order valence-corrected chi connectivity index (χ4v) is 6.08. The Balaban J connectivity index is 1.64. The predicted octanol–water partition coefficient (Wildman–Crippen LogP) is 6.04. The number of Topliss-reactive ketones (excluding diaryl/α,β-unsaturated/α-hetero) is 1. The third kappa shape index (κ3) is 8.48. The van der Waals surface area contributed by atoms with Crippen molar-refractivity contribution >= 4 is 17.8 Å². The molecule has 0 bridgehead atoms. The molecule has 0 radical (unpaired) electrons. The first kappa shape index (κ1) is 34.1. The van der Waals surface area contributed by atoms with Gasteiger partial charge in [0, 0.05) is 18.6 Å². The summed E-state index contributed by atoms with van der Waals surface area (Å²) in [6, 6.07) is 18.4. The Morgan fingerprint density at radius 3 is 2.36 bits per heavy atom. The first-order chi connectivity index (χ1) is 21.5. The monoisotopic (exact) mass is 619 g/mol. The lowest BCUT2D eigenvalue weighted by Gasteiger charge is -2.32. The molecular formula is C36H45NO8. The fraction of sp³-hybridized carbons (Fsp3) is 0.472. The number of furan rings is 1. The predicted molar refractivity (Wildman–Crippen MR) is 170 cm³/mol. The molecule has 2 heterocycles. The van der Waals surface area contributed by atoms with E-state index in [0.29, 0.717) is 38.4 Å². The van der Waals surface area contributed by atoms with Gasteiger partial charge in [0.15, 0.2) is 5.76 Å². The van der Waals surface area contributed by atoms with E-state index in [1.54, 1.807) is 19.9 Å². The summed E-state index contributed by atoms with van der Waals surface area (Å²) in [4.78, 5) is 42.8. The second-order valence-electron chi connectivity index (χ2n) is 12.3. The smallest absolute Gasteiger partial charge is 0.417 e. The van der Waals surface area contributed by atoms with Gasteiger partial charge >= 0.3 is 6.09 Å². The zero-order valence-corrected chi connectivity index (χ0v) is 26.9. The summed E-state index contributed by atoms with van der Waals surface area (Å²) in [5.74, 6) is -1.67. The van der Waals surface area contributed by atoms with Crippen molar-refractivity contribution in [1.82, 2.24) is 4.90 Å². The summed E-state index contributed by atoms with van der Waals surface area (Å²) in [5, 5.41) is 8.83. The molecule has 2 amide bonds. The van der Waals surface area contributed by atoms with Crippen molar-refractivity contribution in [1.29, 1.82) is 0 Å². The minimum absolute atomic E-state index is 0.0303. The molecule has 2 aromatic carbocycles. The normalized spacial score (nSPS) is 16.6. The van der Waals surface area contributed by atoms with Crippen molar-refractivity contribution in [2.45, 2.75) is 65.5 Å². The van der Waals surface area contributed by atoms with Gasteiger partial charge in [0.1, 0.15) is 17.3 Å². The number of rotatable bonds is 16. The highest BCUT2D eigenvalue weighted by Crippen LogP contribution is 2.37. The number of cyclic esters (lactones) is 1. The summed E-state index contributed by atoms with van der Waals surface area (Å²) in [7, 11) is 0. The van der Waals surface area contributed by atoms with Crippen LogP contribution in [-0.2, 0) is 31.8 Å². The van der Waals surface area contributed by atoms with E-state index in [-0.39, 0.29) is 31.3 Å². The Morgan fingerprint density at radius 2 is 1.69 bits per heavy atom. The molecule has 9 heteroatoms. The lowest BCUT2D eigenvalue weighted by atomic mass is 9.86. The Bertz CT molecular complexity index is 1440. The van der Waals surface area contributed by atoms with Crippen LogP contribution in [0.5, 0.6) is 0 Å². The molecule has 1 aliphatic rings. The van der Waals surface area contributed by atoms with Gasteiger partial charge in [-0.3, -0.25) is 9.59 Å². The number of ketones is 1. The van der Waals surface area contributed by atoms with E-state index in [9.17, 15) is 14.4 Å². The Hall–Kier alpha value is -3.79. The Kier molecular flexibility index (Phi) is 11.7. The first-order valence-corrected chi connectivity index (χ1v) is 15.6. The molecule has 1 saturated heterocycles. The van der Waals surface area contributed by atoms with Gasteiger partial charge < -0.3 is 23.7 Å². The number of aliphatic hydroxyl groups is 1. The largest absolute Gasteiger partial charge is 0.457 e. The van der Waals surface area contributed by atoms with Crippen molar-refractivity contribution in [2.75, 3.05) is 33.0 Å². The van der Waals surface area contributed by atoms with Gasteiger partial charge in [-0.15, -0.1) is 0 Å². The minimum Gasteiger partial charge on any atom is -0.457 e. The van der Waals surface area contributed by atoms with Crippen LogP contribution in [0.4, 0.5) is 4.79 Å². The van der Waals surface area contributed by atoms with E-state index in [4.69, 9.17) is 23.7 Å². The Morgan fingerprint density at radius 1 is 0.978 bits per heavy atom. The van der Waals surface area contributed by atoms with Gasteiger partial charge in [-0.1, -0.05) is 74.0 Å². The van der Waals surface area contributed by atoms with Gasteiger partial charge in [-0.25, -0.2) is 9.69 Å². The summed E-state index contributed by atoms with van der Waals surface area (Å²) in [5.41, 5.74) is 2.64. The number of carbonyl (C=O) groups excluding carboxylic acids is 3. The lowest BCUT2D eigenvalue weighted by molar-refractivity contribution is -0.133. The van der Waals surface area contributed by atoms with Crippen molar-refractivity contribution < 1.29 is 38.1 Å². The van der Waals surface area contributed by atoms with Crippen LogP contribution < -0.4 is 0 Å². The first-order valence-electron chi connectivity index (χ1n) is 15.6. The molecule has 242 valence electrons. The molecule has 0 aliphatic carbocycles. The van der Waals surface area contributed by atoms with E-state index in [0.717, 1.165) is 27.2 Å². The second-order valence-corrected chi connectivity index (χ2v) is 12.3. The quantitative estimate of drug-likeness (QED) is 0.117. The number of hydrogen-bond acceptors (Lipinski definition) is 8. The van der Waals surface area contributed by atoms with Gasteiger partial charge in [0.25, 0.3) is 0 Å². The van der Waals surface area contributed by atoms with E-state index in [1.807, 2.05) is 75.4 Å². The summed E-state index contributed by atoms with van der Waals surface area (Å²) < 4.78 is 22.8. The van der Waals surface area contributed by atoms with Crippen LogP contribution in [0.2, 0.25) is 0 Å². The highest BCUT2D eigenvalue weighted by molar-refractivity contribution is 6.12. The van der Waals surface area contributed by atoms with E-state index < -0.39 is 35.3 Å². The number of carbonyl (C=O) groups is 3. The highest BCUT2D eigenvalue weighted by atomic mass is 16.6. The standard InChI is InChI=1S/C36H45NO8/c1-24(2)33-36(4,5)45-35(41)37(33)34(40)29(22-26-12-7-6-8-13-26)32(39)31-23-28(27-14-9-11-25(3)21-27)30(44-31)15-10-17-42-19-20-43-18-16-38/h6-9,11-14,21,23-24,29,33,38H,10,15-20,22H2,1-5H3/t29-,33+/m0/s1. The maximum atomic E-state index is 14.3. The molecule has 45 heavy (non-hydrogen) atoms. The van der Waals surface area contributed by atoms with E-state index in [1.165, 1.54) is 0 Å². The number of imide groups is 1. The van der Waals surface area contributed by atoms with Crippen molar-refractivity contribution in [2.24, 2.45) is 11.8 Å². The maximum Gasteiger partial charge on any atom is 0.417 e. The SMILES string of the molecule is Cc1cccc(-c2cc(C(=O)[C@H](Cc3ccccc3)C(=O)N3C(=O)OC(C)(C)[C@H]3C(C)C)oc2CCCOCCOCCO)c1. The number of nitrogens with zero attached hydrogens (tertiary/aromatic N) is 1. The number of ether oxygens (including phenoxy) is 3. The zero-order chi connectivity index (χ0) is 32.6. The molecule has 9 nitrogen and oxygen atoms in total. The van der Waals surface area contributed by atoms with Crippen LogP contribution in [0.25, 0.3) is 11.1 Å². The van der Waals surface area contributed by atoms with Crippen LogP contribution in [-0.4, -0.2) is 72.5 Å². The summed E-state index contributed by atoms with van der Waals surface area (Å²) in [6.45, 7) is 10.9. The van der Waals surface area contributed by atoms with Gasteiger partial charge in [0.05, 0.1) is 32.5 Å². The third-order valence-electron chi connectivity index (χ3n) is 7.98. The molecule has 1 N–H and O–H groups in total. The van der Waals surface area contributed by atoms with Crippen LogP contribution in [0.1, 0.15) is 61.6 Å². The molecule has 2 atom stereocenters. The number of aryl methyl sites for hydroxylation is 2. The van der Waals surface area contributed by atoms with Gasteiger partial charge in [-0.2, -0.15) is 0 Å². The molecule has 1 aliphatic heterocycles. The van der Waals surface area contributed by atoms with E-state index in [2.05, 4.69) is 0 Å². The van der Waals surface area contributed by atoms with Gasteiger partial charge in [0.2, 0.25) is 11.7 Å². The number of amides is 2. The molecule has 4 rings (SSSR count). The van der Waals surface area contributed by atoms with Crippen molar-refractivity contribution in [3.8, 4) is 11.1 Å².